The molecule has 0 saturated heterocycles. The Morgan fingerprint density at radius 3 is 1.48 bits per heavy atom. The van der Waals surface area contributed by atoms with E-state index in [1.807, 2.05) is 19.1 Å². The lowest BCUT2D eigenvalue weighted by atomic mass is 10.0. The fourth-order valence-corrected chi connectivity index (χ4v) is 8.97. The van der Waals surface area contributed by atoms with E-state index >= 15 is 0 Å². The van der Waals surface area contributed by atoms with E-state index in [1.54, 1.807) is 6.08 Å². The second kappa shape index (κ2) is 17.0. The molecule has 9 aromatic carbocycles. The molecule has 0 saturated carbocycles. The third kappa shape index (κ3) is 7.60. The third-order valence-corrected chi connectivity index (χ3v) is 12.3. The highest BCUT2D eigenvalue weighted by Gasteiger charge is 2.20. The standard InChI is InChI=1S/C60H44N4O/c1-3-4-20-55-41(2)65-60(62-55)47-30-38-52(39-31-47)64(59-23-12-17-45-14-6-9-19-54(45)59)50-34-26-43(27-35-50)42-24-32-49(33-25-42)63(58-22-11-16-44-13-5-8-18-53(44)58)51-36-28-46(29-37-51)57-40-48-15-7-10-21-56(48)61-57/h3-39H,1,40H2,2H3/b20-4-. The second-order valence-corrected chi connectivity index (χ2v) is 16.3. The number of anilines is 6. The second-order valence-electron chi connectivity index (χ2n) is 16.3. The van der Waals surface area contributed by atoms with Crippen LogP contribution in [0.5, 0.6) is 0 Å². The number of para-hydroxylation sites is 1. The van der Waals surface area contributed by atoms with Gasteiger partial charge >= 0.3 is 0 Å². The van der Waals surface area contributed by atoms with Gasteiger partial charge in [-0.15, -0.1) is 0 Å². The van der Waals surface area contributed by atoms with Crippen LogP contribution in [-0.4, -0.2) is 10.7 Å². The van der Waals surface area contributed by atoms with Crippen LogP contribution in [0.25, 0.3) is 50.2 Å². The maximum absolute atomic E-state index is 6.08. The first kappa shape index (κ1) is 39.3. The molecule has 0 aliphatic carbocycles. The van der Waals surface area contributed by atoms with Crippen LogP contribution in [0.1, 0.15) is 22.6 Å². The molecule has 0 radical (unpaired) electrons. The predicted octanol–water partition coefficient (Wildman–Crippen LogP) is 16.4. The van der Waals surface area contributed by atoms with Gasteiger partial charge in [0.25, 0.3) is 0 Å². The molecule has 1 aliphatic heterocycles. The molecule has 11 rings (SSSR count). The van der Waals surface area contributed by atoms with E-state index < -0.39 is 0 Å². The Hall–Kier alpha value is -8.54. The molecule has 0 N–H and O–H groups in total. The molecule has 0 fully saturated rings. The number of aryl methyl sites for hydroxylation is 1. The van der Waals surface area contributed by atoms with Crippen LogP contribution in [0.4, 0.5) is 39.8 Å². The SMILES string of the molecule is C=C/C=C\c1nc(-c2ccc(N(c3ccc(-c4ccc(N(c5ccc(C6=Nc7ccccc7C6)cc5)c5cccc6ccccc56)cc4)cc3)c3cccc4ccccc34)cc2)oc1C. The van der Waals surface area contributed by atoms with Gasteiger partial charge in [0.2, 0.25) is 5.89 Å². The smallest absolute Gasteiger partial charge is 0.226 e. The van der Waals surface area contributed by atoms with Crippen molar-refractivity contribution in [2.24, 2.45) is 4.99 Å². The zero-order valence-corrected chi connectivity index (χ0v) is 36.0. The van der Waals surface area contributed by atoms with Gasteiger partial charge in [-0.25, -0.2) is 4.98 Å². The normalized spacial score (nSPS) is 12.1. The molecule has 5 heteroatoms. The number of oxazole rings is 1. The topological polar surface area (TPSA) is 44.9 Å². The highest BCUT2D eigenvalue weighted by molar-refractivity contribution is 6.07. The highest BCUT2D eigenvalue weighted by Crippen LogP contribution is 2.42. The molecule has 10 aromatic rings. The number of benzene rings is 9. The maximum atomic E-state index is 6.08. The summed E-state index contributed by atoms with van der Waals surface area (Å²) in [4.78, 5) is 14.4. The van der Waals surface area contributed by atoms with Crippen molar-refractivity contribution in [3.05, 3.63) is 248 Å². The Labute approximate surface area is 379 Å². The molecule has 5 nitrogen and oxygen atoms in total. The minimum absolute atomic E-state index is 0.587. The number of rotatable bonds is 11. The molecule has 1 aromatic heterocycles. The minimum atomic E-state index is 0.587. The average Bonchev–Trinajstić information content (AvgIpc) is 3.98. The molecule has 2 heterocycles. The van der Waals surface area contributed by atoms with Crippen molar-refractivity contribution >= 4 is 73.1 Å². The van der Waals surface area contributed by atoms with E-state index in [0.29, 0.717) is 5.89 Å². The third-order valence-electron chi connectivity index (χ3n) is 12.3. The fraction of sp³-hybridized carbons (Fsp3) is 0.0333. The maximum Gasteiger partial charge on any atom is 0.226 e. The van der Waals surface area contributed by atoms with Crippen molar-refractivity contribution in [3.63, 3.8) is 0 Å². The van der Waals surface area contributed by atoms with Crippen LogP contribution in [0.3, 0.4) is 0 Å². The van der Waals surface area contributed by atoms with Crippen molar-refractivity contribution < 1.29 is 4.42 Å². The van der Waals surface area contributed by atoms with Crippen LogP contribution in [-0.2, 0) is 6.42 Å². The van der Waals surface area contributed by atoms with Gasteiger partial charge in [-0.1, -0.05) is 146 Å². The molecular formula is C60H44N4O. The fourth-order valence-electron chi connectivity index (χ4n) is 8.97. The lowest BCUT2D eigenvalue weighted by Gasteiger charge is -2.27. The van der Waals surface area contributed by atoms with Gasteiger partial charge in [-0.05, 0) is 125 Å². The number of hydrogen-bond donors (Lipinski definition) is 0. The number of hydrogen-bond acceptors (Lipinski definition) is 5. The van der Waals surface area contributed by atoms with Crippen LogP contribution in [0.15, 0.2) is 234 Å². The zero-order valence-electron chi connectivity index (χ0n) is 36.0. The van der Waals surface area contributed by atoms with Gasteiger partial charge < -0.3 is 14.2 Å². The van der Waals surface area contributed by atoms with Crippen LogP contribution in [0.2, 0.25) is 0 Å². The average molecular weight is 837 g/mol. The van der Waals surface area contributed by atoms with Crippen molar-refractivity contribution in [1.82, 2.24) is 4.98 Å². The van der Waals surface area contributed by atoms with E-state index in [1.165, 1.54) is 27.1 Å². The first-order valence-corrected chi connectivity index (χ1v) is 22.0. The molecular weight excluding hydrogens is 793 g/mol. The summed E-state index contributed by atoms with van der Waals surface area (Å²) >= 11 is 0. The van der Waals surface area contributed by atoms with E-state index in [9.17, 15) is 0 Å². The number of aliphatic imine (C=N–C) groups is 1. The summed E-state index contributed by atoms with van der Waals surface area (Å²) in [6.45, 7) is 5.71. The van der Waals surface area contributed by atoms with Gasteiger partial charge in [0, 0.05) is 45.5 Å². The molecule has 0 atom stereocenters. The minimum Gasteiger partial charge on any atom is -0.441 e. The summed E-state index contributed by atoms with van der Waals surface area (Å²) in [6.07, 6.45) is 6.37. The summed E-state index contributed by atoms with van der Waals surface area (Å²) in [5.74, 6) is 1.35. The van der Waals surface area contributed by atoms with Gasteiger partial charge in [0.1, 0.15) is 11.5 Å². The molecule has 0 unspecified atom stereocenters. The lowest BCUT2D eigenvalue weighted by Crippen LogP contribution is -2.11. The van der Waals surface area contributed by atoms with Gasteiger partial charge in [-0.2, -0.15) is 0 Å². The Balaban J connectivity index is 0.923. The summed E-state index contributed by atoms with van der Waals surface area (Å²) < 4.78 is 6.08. The van der Waals surface area contributed by atoms with Crippen LogP contribution in [0, 0.1) is 6.92 Å². The van der Waals surface area contributed by atoms with E-state index in [0.717, 1.165) is 85.7 Å². The summed E-state index contributed by atoms with van der Waals surface area (Å²) in [6, 6.07) is 73.6. The highest BCUT2D eigenvalue weighted by atomic mass is 16.4. The lowest BCUT2D eigenvalue weighted by molar-refractivity contribution is 0.542. The van der Waals surface area contributed by atoms with Crippen molar-refractivity contribution in [1.29, 1.82) is 0 Å². The first-order chi connectivity index (χ1) is 32.1. The van der Waals surface area contributed by atoms with Crippen molar-refractivity contribution in [2.45, 2.75) is 13.3 Å². The molecule has 1 aliphatic rings. The Morgan fingerprint density at radius 2 is 0.954 bits per heavy atom. The van der Waals surface area contributed by atoms with Crippen molar-refractivity contribution in [3.8, 4) is 22.6 Å². The molecule has 0 spiro atoms. The van der Waals surface area contributed by atoms with E-state index in [-0.39, 0.29) is 0 Å². The quantitative estimate of drug-likeness (QED) is 0.122. The largest absolute Gasteiger partial charge is 0.441 e. The number of fused-ring (bicyclic) bond motifs is 3. The predicted molar refractivity (Wildman–Crippen MR) is 272 cm³/mol. The molecule has 65 heavy (non-hydrogen) atoms. The van der Waals surface area contributed by atoms with Crippen LogP contribution >= 0.6 is 0 Å². The summed E-state index contributed by atoms with van der Waals surface area (Å²) in [5.41, 5.74) is 15.0. The first-order valence-electron chi connectivity index (χ1n) is 22.0. The van der Waals surface area contributed by atoms with E-state index in [4.69, 9.17) is 14.4 Å². The van der Waals surface area contributed by atoms with E-state index in [2.05, 4.69) is 223 Å². The molecule has 0 bridgehead atoms. The Morgan fingerprint density at radius 1 is 0.492 bits per heavy atom. The van der Waals surface area contributed by atoms with Gasteiger partial charge in [-0.3, -0.25) is 4.99 Å². The molecule has 0 amide bonds. The Kier molecular flexibility index (Phi) is 10.3. The number of nitrogens with zero attached hydrogens (tertiary/aromatic N) is 4. The van der Waals surface area contributed by atoms with Gasteiger partial charge in [0.15, 0.2) is 0 Å². The molecule has 310 valence electrons. The van der Waals surface area contributed by atoms with Gasteiger partial charge in [0.05, 0.1) is 22.8 Å². The van der Waals surface area contributed by atoms with Crippen LogP contribution < -0.4 is 9.80 Å². The zero-order chi connectivity index (χ0) is 43.7. The van der Waals surface area contributed by atoms with Crippen molar-refractivity contribution in [2.75, 3.05) is 9.80 Å². The number of aromatic nitrogens is 1. The monoisotopic (exact) mass is 836 g/mol. The number of allylic oxidation sites excluding steroid dienone is 2. The summed E-state index contributed by atoms with van der Waals surface area (Å²) in [5, 5.41) is 4.74. The Bertz CT molecular complexity index is 3410. The summed E-state index contributed by atoms with van der Waals surface area (Å²) in [7, 11) is 0.